The molecule has 4 N–H and O–H groups in total. The summed E-state index contributed by atoms with van der Waals surface area (Å²) < 4.78 is 0. The highest BCUT2D eigenvalue weighted by molar-refractivity contribution is 5.92. The van der Waals surface area contributed by atoms with Gasteiger partial charge in [0.1, 0.15) is 11.5 Å². The molecule has 0 aliphatic heterocycles. The van der Waals surface area contributed by atoms with Crippen LogP contribution in [-0.2, 0) is 0 Å². The molecular weight excluding hydrogens is 242 g/mol. The lowest BCUT2D eigenvalue weighted by molar-refractivity contribution is 0.0934. The minimum Gasteiger partial charge on any atom is -0.349 e. The second-order valence-electron chi connectivity index (χ2n) is 5.01. The Morgan fingerprint density at radius 2 is 2.32 bits per heavy atom. The predicted octanol–water partition coefficient (Wildman–Crippen LogP) is 0.580. The van der Waals surface area contributed by atoms with E-state index in [1.54, 1.807) is 18.2 Å². The normalized spacial score (nSPS) is 16.2. The third-order valence-electron chi connectivity index (χ3n) is 3.51. The van der Waals surface area contributed by atoms with Crippen molar-refractivity contribution < 1.29 is 4.79 Å². The Balaban J connectivity index is 1.86. The highest BCUT2D eigenvalue weighted by atomic mass is 16.1. The summed E-state index contributed by atoms with van der Waals surface area (Å²) in [5.74, 6) is 5.58. The Bertz CT molecular complexity index is 446. The number of carbonyl (C=O) groups is 1. The minimum atomic E-state index is -0.173. The summed E-state index contributed by atoms with van der Waals surface area (Å²) in [6.45, 7) is 2.73. The fourth-order valence-corrected chi connectivity index (χ4v) is 1.96. The number of hydrogen-bond donors (Lipinski definition) is 3. The van der Waals surface area contributed by atoms with E-state index in [9.17, 15) is 4.79 Å². The monoisotopic (exact) mass is 263 g/mol. The number of nitrogen functional groups attached to an aromatic ring is 1. The van der Waals surface area contributed by atoms with Gasteiger partial charge in [-0.3, -0.25) is 9.69 Å². The molecule has 6 heteroatoms. The summed E-state index contributed by atoms with van der Waals surface area (Å²) in [4.78, 5) is 18.4. The van der Waals surface area contributed by atoms with Gasteiger partial charge in [-0.25, -0.2) is 10.8 Å². The molecular formula is C13H21N5O. The molecule has 0 bridgehead atoms. The van der Waals surface area contributed by atoms with E-state index in [1.165, 1.54) is 12.8 Å². The van der Waals surface area contributed by atoms with Crippen molar-refractivity contribution in [3.63, 3.8) is 0 Å². The zero-order valence-corrected chi connectivity index (χ0v) is 11.4. The standard InChI is InChI=1S/C13H21N5O/c1-9(18(2)10-6-7-10)8-15-13(19)11-4-3-5-12(16-11)17-14/h3-5,9-10H,6-8,14H2,1-2H3,(H,15,19)(H,16,17). The van der Waals surface area contributed by atoms with Crippen molar-refractivity contribution in [2.45, 2.75) is 31.8 Å². The van der Waals surface area contributed by atoms with Crippen LogP contribution in [0.5, 0.6) is 0 Å². The SMILES string of the molecule is CC(CNC(=O)c1cccc(NN)n1)N(C)C1CC1. The van der Waals surface area contributed by atoms with E-state index in [2.05, 4.69) is 34.6 Å². The van der Waals surface area contributed by atoms with Gasteiger partial charge in [0.2, 0.25) is 0 Å². The van der Waals surface area contributed by atoms with Crippen molar-refractivity contribution in [1.29, 1.82) is 0 Å². The van der Waals surface area contributed by atoms with E-state index >= 15 is 0 Å². The molecule has 0 aromatic carbocycles. The molecule has 1 atom stereocenters. The van der Waals surface area contributed by atoms with Crippen LogP contribution >= 0.6 is 0 Å². The molecule has 1 saturated carbocycles. The lowest BCUT2D eigenvalue weighted by atomic mass is 10.2. The summed E-state index contributed by atoms with van der Waals surface area (Å²) in [6, 6.07) is 6.14. The molecule has 0 saturated heterocycles. The van der Waals surface area contributed by atoms with Crippen LogP contribution in [0.25, 0.3) is 0 Å². The maximum absolute atomic E-state index is 12.0. The number of amides is 1. The first kappa shape index (κ1) is 13.8. The Hall–Kier alpha value is -1.66. The number of aromatic nitrogens is 1. The largest absolute Gasteiger partial charge is 0.349 e. The molecule has 2 rings (SSSR count). The van der Waals surface area contributed by atoms with Gasteiger partial charge in [-0.15, -0.1) is 0 Å². The fourth-order valence-electron chi connectivity index (χ4n) is 1.96. The van der Waals surface area contributed by atoms with Gasteiger partial charge in [-0.1, -0.05) is 6.07 Å². The van der Waals surface area contributed by atoms with E-state index in [1.807, 2.05) is 0 Å². The van der Waals surface area contributed by atoms with Crippen LogP contribution in [-0.4, -0.2) is 41.5 Å². The number of likely N-dealkylation sites (N-methyl/N-ethyl adjacent to an activating group) is 1. The maximum Gasteiger partial charge on any atom is 0.270 e. The van der Waals surface area contributed by atoms with Crippen LogP contribution in [0.3, 0.4) is 0 Å². The molecule has 1 aliphatic rings. The molecule has 0 radical (unpaired) electrons. The molecule has 6 nitrogen and oxygen atoms in total. The first-order valence-corrected chi connectivity index (χ1v) is 6.55. The molecule has 19 heavy (non-hydrogen) atoms. The van der Waals surface area contributed by atoms with Gasteiger partial charge >= 0.3 is 0 Å². The second kappa shape index (κ2) is 5.99. The third kappa shape index (κ3) is 3.65. The quantitative estimate of drug-likeness (QED) is 0.516. The smallest absolute Gasteiger partial charge is 0.270 e. The van der Waals surface area contributed by atoms with Crippen molar-refractivity contribution in [1.82, 2.24) is 15.2 Å². The van der Waals surface area contributed by atoms with Gasteiger partial charge in [0.05, 0.1) is 0 Å². The van der Waals surface area contributed by atoms with Gasteiger partial charge in [-0.05, 0) is 38.9 Å². The van der Waals surface area contributed by atoms with Crippen molar-refractivity contribution in [2.75, 3.05) is 19.0 Å². The summed E-state index contributed by atoms with van der Waals surface area (Å²) >= 11 is 0. The predicted molar refractivity (Wildman–Crippen MR) is 74.6 cm³/mol. The van der Waals surface area contributed by atoms with Crippen LogP contribution in [0.15, 0.2) is 18.2 Å². The first-order chi connectivity index (χ1) is 9.11. The highest BCUT2D eigenvalue weighted by Gasteiger charge is 2.29. The van der Waals surface area contributed by atoms with Crippen molar-refractivity contribution in [3.05, 3.63) is 23.9 Å². The topological polar surface area (TPSA) is 83.3 Å². The van der Waals surface area contributed by atoms with E-state index in [-0.39, 0.29) is 5.91 Å². The lowest BCUT2D eigenvalue weighted by Gasteiger charge is -2.24. The van der Waals surface area contributed by atoms with Crippen LogP contribution in [0.2, 0.25) is 0 Å². The Morgan fingerprint density at radius 3 is 2.95 bits per heavy atom. The van der Waals surface area contributed by atoms with E-state index in [0.717, 1.165) is 0 Å². The zero-order valence-electron chi connectivity index (χ0n) is 11.4. The molecule has 1 fully saturated rings. The summed E-state index contributed by atoms with van der Waals surface area (Å²) in [6.07, 6.45) is 2.53. The molecule has 1 amide bonds. The van der Waals surface area contributed by atoms with Crippen molar-refractivity contribution >= 4 is 11.7 Å². The second-order valence-corrected chi connectivity index (χ2v) is 5.01. The van der Waals surface area contributed by atoms with E-state index in [4.69, 9.17) is 5.84 Å². The van der Waals surface area contributed by atoms with Crippen molar-refractivity contribution in [3.8, 4) is 0 Å². The molecule has 0 spiro atoms. The van der Waals surface area contributed by atoms with Crippen LogP contribution < -0.4 is 16.6 Å². The van der Waals surface area contributed by atoms with E-state index in [0.29, 0.717) is 30.1 Å². The fraction of sp³-hybridized carbons (Fsp3) is 0.538. The van der Waals surface area contributed by atoms with Gasteiger partial charge < -0.3 is 10.7 Å². The maximum atomic E-state index is 12.0. The van der Waals surface area contributed by atoms with Crippen LogP contribution in [0.1, 0.15) is 30.3 Å². The lowest BCUT2D eigenvalue weighted by Crippen LogP contribution is -2.41. The average molecular weight is 263 g/mol. The van der Waals surface area contributed by atoms with Crippen LogP contribution in [0.4, 0.5) is 5.82 Å². The summed E-state index contributed by atoms with van der Waals surface area (Å²) in [5.41, 5.74) is 2.80. The number of hydrazine groups is 1. The molecule has 1 unspecified atom stereocenters. The van der Waals surface area contributed by atoms with E-state index < -0.39 is 0 Å². The Labute approximate surface area is 113 Å². The number of nitrogens with two attached hydrogens (primary N) is 1. The Morgan fingerprint density at radius 1 is 1.58 bits per heavy atom. The third-order valence-corrected chi connectivity index (χ3v) is 3.51. The summed E-state index contributed by atoms with van der Waals surface area (Å²) in [5, 5.41) is 2.90. The number of anilines is 1. The molecule has 104 valence electrons. The van der Waals surface area contributed by atoms with Gasteiger partial charge in [0.25, 0.3) is 5.91 Å². The van der Waals surface area contributed by atoms with Gasteiger partial charge in [0.15, 0.2) is 0 Å². The zero-order chi connectivity index (χ0) is 13.8. The van der Waals surface area contributed by atoms with Gasteiger partial charge in [0, 0.05) is 18.6 Å². The molecule has 1 aromatic heterocycles. The first-order valence-electron chi connectivity index (χ1n) is 6.55. The average Bonchev–Trinajstić information content (AvgIpc) is 3.28. The number of nitrogens with one attached hydrogen (secondary N) is 2. The minimum absolute atomic E-state index is 0.173. The number of pyridine rings is 1. The number of carbonyl (C=O) groups excluding carboxylic acids is 1. The number of rotatable bonds is 6. The Kier molecular flexibility index (Phi) is 4.34. The molecule has 1 aromatic rings. The number of hydrogen-bond acceptors (Lipinski definition) is 5. The van der Waals surface area contributed by atoms with Crippen molar-refractivity contribution in [2.24, 2.45) is 5.84 Å². The molecule has 1 aliphatic carbocycles. The number of nitrogens with zero attached hydrogens (tertiary/aromatic N) is 2. The highest BCUT2D eigenvalue weighted by Crippen LogP contribution is 2.26. The van der Waals surface area contributed by atoms with Crippen LogP contribution in [0, 0.1) is 0 Å². The van der Waals surface area contributed by atoms with Gasteiger partial charge in [-0.2, -0.15) is 0 Å². The summed E-state index contributed by atoms with van der Waals surface area (Å²) in [7, 11) is 2.10. The molecule has 1 heterocycles.